The Morgan fingerprint density at radius 2 is 1.46 bits per heavy atom. The second-order valence-electron chi connectivity index (χ2n) is 8.77. The maximum absolute atomic E-state index is 13.5. The molecule has 0 aliphatic carbocycles. The molecule has 0 spiro atoms. The first-order chi connectivity index (χ1) is 18.0. The van der Waals surface area contributed by atoms with Crippen molar-refractivity contribution in [3.63, 3.8) is 0 Å². The van der Waals surface area contributed by atoms with Gasteiger partial charge in [0, 0.05) is 12.1 Å². The molecule has 184 valence electrons. The summed E-state index contributed by atoms with van der Waals surface area (Å²) in [6.45, 7) is 0.523. The molecule has 1 saturated heterocycles. The Morgan fingerprint density at radius 3 is 2.14 bits per heavy atom. The summed E-state index contributed by atoms with van der Waals surface area (Å²) in [6.07, 6.45) is 0. The zero-order valence-corrected chi connectivity index (χ0v) is 19.9. The third-order valence-electron chi connectivity index (χ3n) is 6.28. The van der Waals surface area contributed by atoms with Crippen LogP contribution in [0.5, 0.6) is 5.75 Å². The highest BCUT2D eigenvalue weighted by atomic mass is 19.1. The summed E-state index contributed by atoms with van der Waals surface area (Å²) in [6, 6.07) is 30.5. The molecule has 6 heteroatoms. The summed E-state index contributed by atoms with van der Waals surface area (Å²) < 4.78 is 19.5. The van der Waals surface area contributed by atoms with Gasteiger partial charge in [-0.1, -0.05) is 72.8 Å². The van der Waals surface area contributed by atoms with Crippen LogP contribution in [0.3, 0.4) is 0 Å². The summed E-state index contributed by atoms with van der Waals surface area (Å²) in [5.74, 6) is -1.77. The lowest BCUT2D eigenvalue weighted by atomic mass is 9.95. The highest BCUT2D eigenvalue weighted by Gasteiger charge is 2.46. The summed E-state index contributed by atoms with van der Waals surface area (Å²) in [7, 11) is 0. The normalized spacial score (nSPS) is 16.7. The molecule has 1 amide bonds. The van der Waals surface area contributed by atoms with Crippen molar-refractivity contribution in [1.82, 2.24) is 4.90 Å². The van der Waals surface area contributed by atoms with Crippen LogP contribution in [0.2, 0.25) is 0 Å². The number of hydrogen-bond acceptors (Lipinski definition) is 4. The van der Waals surface area contributed by atoms with E-state index in [1.54, 1.807) is 24.3 Å². The maximum atomic E-state index is 13.5. The van der Waals surface area contributed by atoms with Crippen molar-refractivity contribution >= 4 is 17.4 Å². The number of aliphatic hydroxyl groups excluding tert-OH is 1. The van der Waals surface area contributed by atoms with Crippen molar-refractivity contribution in [1.29, 1.82) is 0 Å². The number of ether oxygens (including phenoxy) is 1. The van der Waals surface area contributed by atoms with Crippen LogP contribution in [0.15, 0.2) is 115 Å². The number of likely N-dealkylation sites (tertiary alicyclic amines) is 1. The Kier molecular flexibility index (Phi) is 6.81. The SMILES string of the molecule is O=C1C(=O)N(Cc2ccccc2)C(c2cccc(OCc3ccccc3)c2)C1=C(O)c1ccc(F)cc1. The van der Waals surface area contributed by atoms with Crippen LogP contribution in [0.1, 0.15) is 28.3 Å². The third-order valence-corrected chi connectivity index (χ3v) is 6.28. The molecule has 0 radical (unpaired) electrons. The number of halogens is 1. The molecule has 5 nitrogen and oxygen atoms in total. The van der Waals surface area contributed by atoms with Gasteiger partial charge < -0.3 is 14.7 Å². The largest absolute Gasteiger partial charge is 0.507 e. The first kappa shape index (κ1) is 24.0. The lowest BCUT2D eigenvalue weighted by Gasteiger charge is -2.26. The number of nitrogens with zero attached hydrogens (tertiary/aromatic N) is 1. The van der Waals surface area contributed by atoms with Crippen LogP contribution in [0, 0.1) is 5.82 Å². The topological polar surface area (TPSA) is 66.8 Å². The van der Waals surface area contributed by atoms with Crippen LogP contribution in [0.25, 0.3) is 5.76 Å². The van der Waals surface area contributed by atoms with Gasteiger partial charge in [-0.2, -0.15) is 0 Å². The summed E-state index contributed by atoms with van der Waals surface area (Å²) in [5.41, 5.74) is 2.66. The van der Waals surface area contributed by atoms with Gasteiger partial charge in [-0.3, -0.25) is 9.59 Å². The molecule has 0 saturated carbocycles. The minimum absolute atomic E-state index is 0.0484. The van der Waals surface area contributed by atoms with Gasteiger partial charge in [-0.05, 0) is 53.1 Å². The van der Waals surface area contributed by atoms with E-state index in [9.17, 15) is 19.1 Å². The lowest BCUT2D eigenvalue weighted by molar-refractivity contribution is -0.140. The second kappa shape index (κ2) is 10.5. The number of aliphatic hydroxyl groups is 1. The maximum Gasteiger partial charge on any atom is 0.295 e. The van der Waals surface area contributed by atoms with Crippen molar-refractivity contribution in [2.45, 2.75) is 19.2 Å². The molecule has 1 fully saturated rings. The van der Waals surface area contributed by atoms with Crippen LogP contribution in [-0.2, 0) is 22.7 Å². The lowest BCUT2D eigenvalue weighted by Crippen LogP contribution is -2.29. The summed E-state index contributed by atoms with van der Waals surface area (Å²) in [5, 5.41) is 11.2. The van der Waals surface area contributed by atoms with Crippen molar-refractivity contribution in [3.8, 4) is 5.75 Å². The fraction of sp³-hybridized carbons (Fsp3) is 0.0968. The number of carbonyl (C=O) groups is 2. The zero-order chi connectivity index (χ0) is 25.8. The molecule has 37 heavy (non-hydrogen) atoms. The number of hydrogen-bond donors (Lipinski definition) is 1. The predicted octanol–water partition coefficient (Wildman–Crippen LogP) is 6.03. The molecule has 1 N–H and O–H groups in total. The van der Waals surface area contributed by atoms with E-state index in [0.29, 0.717) is 17.9 Å². The predicted molar refractivity (Wildman–Crippen MR) is 138 cm³/mol. The Morgan fingerprint density at radius 1 is 0.811 bits per heavy atom. The average Bonchev–Trinajstić information content (AvgIpc) is 3.18. The first-order valence-corrected chi connectivity index (χ1v) is 11.9. The van der Waals surface area contributed by atoms with Crippen molar-refractivity contribution in [3.05, 3.63) is 143 Å². The van der Waals surface area contributed by atoms with E-state index in [0.717, 1.165) is 11.1 Å². The molecule has 0 aromatic heterocycles. The Labute approximate surface area is 214 Å². The zero-order valence-electron chi connectivity index (χ0n) is 19.9. The van der Waals surface area contributed by atoms with E-state index in [1.807, 2.05) is 60.7 Å². The number of rotatable bonds is 7. The minimum Gasteiger partial charge on any atom is -0.507 e. The van der Waals surface area contributed by atoms with Crippen molar-refractivity contribution in [2.24, 2.45) is 0 Å². The highest BCUT2D eigenvalue weighted by Crippen LogP contribution is 2.41. The first-order valence-electron chi connectivity index (χ1n) is 11.9. The Bertz CT molecular complexity index is 1450. The molecule has 1 unspecified atom stereocenters. The van der Waals surface area contributed by atoms with E-state index in [1.165, 1.54) is 29.2 Å². The third kappa shape index (κ3) is 5.14. The van der Waals surface area contributed by atoms with Crippen LogP contribution in [-0.4, -0.2) is 21.7 Å². The van der Waals surface area contributed by atoms with Gasteiger partial charge in [0.25, 0.3) is 11.7 Å². The molecule has 1 aliphatic rings. The Balaban J connectivity index is 1.56. The quantitative estimate of drug-likeness (QED) is 0.194. The molecular formula is C31H24FNO4. The Hall–Kier alpha value is -4.71. The number of ketones is 1. The molecular weight excluding hydrogens is 469 g/mol. The fourth-order valence-electron chi connectivity index (χ4n) is 4.45. The molecule has 0 bridgehead atoms. The number of carbonyl (C=O) groups excluding carboxylic acids is 2. The van der Waals surface area contributed by atoms with E-state index >= 15 is 0 Å². The second-order valence-corrected chi connectivity index (χ2v) is 8.77. The van der Waals surface area contributed by atoms with Gasteiger partial charge in [0.1, 0.15) is 23.9 Å². The van der Waals surface area contributed by atoms with Gasteiger partial charge in [0.05, 0.1) is 11.6 Å². The van der Waals surface area contributed by atoms with E-state index in [-0.39, 0.29) is 23.4 Å². The van der Waals surface area contributed by atoms with Crippen molar-refractivity contribution < 1.29 is 23.8 Å². The molecule has 1 heterocycles. The number of amides is 1. The van der Waals surface area contributed by atoms with Gasteiger partial charge in [-0.25, -0.2) is 4.39 Å². The monoisotopic (exact) mass is 493 g/mol. The minimum atomic E-state index is -0.856. The number of Topliss-reactive ketones (excluding diaryl/α,β-unsaturated/α-hetero) is 1. The standard InChI is InChI=1S/C31H24FNO4/c32-25-16-14-23(15-17-25)29(34)27-28(33(31(36)30(27)35)19-21-8-3-1-4-9-21)24-12-7-13-26(18-24)37-20-22-10-5-2-6-11-22/h1-18,28,34H,19-20H2. The van der Waals surface area contributed by atoms with E-state index < -0.39 is 23.5 Å². The highest BCUT2D eigenvalue weighted by molar-refractivity contribution is 6.46. The van der Waals surface area contributed by atoms with E-state index in [4.69, 9.17) is 4.74 Å². The smallest absolute Gasteiger partial charge is 0.295 e. The van der Waals surface area contributed by atoms with Gasteiger partial charge in [0.2, 0.25) is 0 Å². The summed E-state index contributed by atoms with van der Waals surface area (Å²) in [4.78, 5) is 27.9. The fourth-order valence-corrected chi connectivity index (χ4v) is 4.45. The molecule has 4 aromatic carbocycles. The molecule has 1 atom stereocenters. The van der Waals surface area contributed by atoms with Gasteiger partial charge in [-0.15, -0.1) is 0 Å². The van der Waals surface area contributed by atoms with Crippen LogP contribution < -0.4 is 4.74 Å². The van der Waals surface area contributed by atoms with Crippen LogP contribution in [0.4, 0.5) is 4.39 Å². The molecule has 5 rings (SSSR count). The van der Waals surface area contributed by atoms with Crippen molar-refractivity contribution in [2.75, 3.05) is 0 Å². The van der Waals surface area contributed by atoms with Gasteiger partial charge >= 0.3 is 0 Å². The number of benzene rings is 4. The summed E-state index contributed by atoms with van der Waals surface area (Å²) >= 11 is 0. The van der Waals surface area contributed by atoms with E-state index in [2.05, 4.69) is 0 Å². The molecule has 4 aromatic rings. The van der Waals surface area contributed by atoms with Crippen LogP contribution >= 0.6 is 0 Å². The average molecular weight is 494 g/mol. The van der Waals surface area contributed by atoms with Gasteiger partial charge in [0.15, 0.2) is 0 Å². The molecule has 1 aliphatic heterocycles.